The van der Waals surface area contributed by atoms with Crippen molar-refractivity contribution in [3.63, 3.8) is 0 Å². The molecule has 0 saturated carbocycles. The summed E-state index contributed by atoms with van der Waals surface area (Å²) >= 11 is 6.25. The van der Waals surface area contributed by atoms with Crippen LogP contribution in [0.15, 0.2) is 91.6 Å². The quantitative estimate of drug-likeness (QED) is 0.400. The largest absolute Gasteiger partial charge is 0.365 e. The minimum atomic E-state index is 0.622. The molecule has 3 aromatic heterocycles. The Morgan fingerprint density at radius 3 is 2.63 bits per heavy atom. The third-order valence-corrected chi connectivity index (χ3v) is 5.17. The highest BCUT2D eigenvalue weighted by molar-refractivity contribution is 6.30. The van der Waals surface area contributed by atoms with Gasteiger partial charge in [0.25, 0.3) is 0 Å². The number of nitrogens with one attached hydrogen (secondary N) is 1. The molecule has 1 N–H and O–H groups in total. The molecule has 5 nitrogen and oxygen atoms in total. The molecule has 0 saturated heterocycles. The molecule has 0 radical (unpaired) electrons. The maximum absolute atomic E-state index is 6.25. The lowest BCUT2D eigenvalue weighted by Gasteiger charge is -2.09. The van der Waals surface area contributed by atoms with E-state index >= 15 is 0 Å². The highest BCUT2D eigenvalue weighted by atomic mass is 35.5. The molecule has 0 aliphatic carbocycles. The summed E-state index contributed by atoms with van der Waals surface area (Å²) in [6, 6.07) is 22.0. The fourth-order valence-corrected chi connectivity index (χ4v) is 3.73. The van der Waals surface area contributed by atoms with Crippen molar-refractivity contribution in [3.8, 4) is 16.8 Å². The number of pyridine rings is 1. The van der Waals surface area contributed by atoms with Crippen LogP contribution in [0.4, 0.5) is 5.82 Å². The average molecular weight is 412 g/mol. The smallest absolute Gasteiger partial charge is 0.150 e. The zero-order valence-corrected chi connectivity index (χ0v) is 16.8. The SMILES string of the molecule is Clc1cccc(-n2cc(-c3ccccc3)c3c(NCc4cccnc4)ncnc32)c1. The molecule has 30 heavy (non-hydrogen) atoms. The third-order valence-electron chi connectivity index (χ3n) is 4.94. The lowest BCUT2D eigenvalue weighted by molar-refractivity contribution is 1.06. The molecule has 6 heteroatoms. The summed E-state index contributed by atoms with van der Waals surface area (Å²) in [6.07, 6.45) is 7.30. The van der Waals surface area contributed by atoms with Gasteiger partial charge in [0.15, 0.2) is 5.65 Å². The Kier molecular flexibility index (Phi) is 4.87. The molecule has 2 aromatic carbocycles. The van der Waals surface area contributed by atoms with Crippen LogP contribution in [0.3, 0.4) is 0 Å². The Morgan fingerprint density at radius 2 is 1.83 bits per heavy atom. The molecule has 146 valence electrons. The number of hydrogen-bond donors (Lipinski definition) is 1. The van der Waals surface area contributed by atoms with E-state index < -0.39 is 0 Å². The van der Waals surface area contributed by atoms with Crippen molar-refractivity contribution in [3.05, 3.63) is 102 Å². The number of benzene rings is 2. The van der Waals surface area contributed by atoms with Gasteiger partial charge in [0.1, 0.15) is 12.1 Å². The van der Waals surface area contributed by atoms with Gasteiger partial charge in [-0.3, -0.25) is 4.98 Å². The van der Waals surface area contributed by atoms with Crippen molar-refractivity contribution >= 4 is 28.5 Å². The maximum atomic E-state index is 6.25. The van der Waals surface area contributed by atoms with E-state index in [1.165, 1.54) is 0 Å². The second-order valence-corrected chi connectivity index (χ2v) is 7.33. The van der Waals surface area contributed by atoms with E-state index in [-0.39, 0.29) is 0 Å². The fourth-order valence-electron chi connectivity index (χ4n) is 3.54. The zero-order chi connectivity index (χ0) is 20.3. The molecule has 5 aromatic rings. The van der Waals surface area contributed by atoms with Gasteiger partial charge in [-0.05, 0) is 35.4 Å². The first-order chi connectivity index (χ1) is 14.8. The maximum Gasteiger partial charge on any atom is 0.150 e. The highest BCUT2D eigenvalue weighted by Gasteiger charge is 2.17. The van der Waals surface area contributed by atoms with E-state index in [0.717, 1.165) is 39.2 Å². The minimum Gasteiger partial charge on any atom is -0.365 e. The van der Waals surface area contributed by atoms with Crippen LogP contribution in [0.1, 0.15) is 5.56 Å². The topological polar surface area (TPSA) is 55.6 Å². The van der Waals surface area contributed by atoms with Crippen LogP contribution in [-0.4, -0.2) is 19.5 Å². The normalized spacial score (nSPS) is 11.0. The molecule has 0 fully saturated rings. The molecular weight excluding hydrogens is 394 g/mol. The summed E-state index contributed by atoms with van der Waals surface area (Å²) in [4.78, 5) is 13.3. The van der Waals surface area contributed by atoms with Crippen molar-refractivity contribution in [2.75, 3.05) is 5.32 Å². The summed E-state index contributed by atoms with van der Waals surface area (Å²) in [6.45, 7) is 0.622. The van der Waals surface area contributed by atoms with E-state index in [1.807, 2.05) is 60.8 Å². The molecule has 0 bridgehead atoms. The number of hydrogen-bond acceptors (Lipinski definition) is 4. The monoisotopic (exact) mass is 411 g/mol. The van der Waals surface area contributed by atoms with Crippen LogP contribution in [-0.2, 0) is 6.54 Å². The minimum absolute atomic E-state index is 0.622. The molecule has 3 heterocycles. The van der Waals surface area contributed by atoms with Crippen LogP contribution in [0.2, 0.25) is 5.02 Å². The van der Waals surface area contributed by atoms with Crippen molar-refractivity contribution < 1.29 is 0 Å². The van der Waals surface area contributed by atoms with Crippen molar-refractivity contribution in [1.29, 1.82) is 0 Å². The van der Waals surface area contributed by atoms with Crippen LogP contribution in [0.5, 0.6) is 0 Å². The molecule has 0 aliphatic rings. The Hall–Kier alpha value is -3.70. The summed E-state index contributed by atoms with van der Waals surface area (Å²) in [5.74, 6) is 0.781. The number of nitrogens with zero attached hydrogens (tertiary/aromatic N) is 4. The molecular formula is C24H18ClN5. The zero-order valence-electron chi connectivity index (χ0n) is 16.0. The first-order valence-electron chi connectivity index (χ1n) is 9.60. The fraction of sp³-hybridized carbons (Fsp3) is 0.0417. The van der Waals surface area contributed by atoms with Gasteiger partial charge in [0, 0.05) is 41.4 Å². The third kappa shape index (κ3) is 3.51. The van der Waals surface area contributed by atoms with Crippen LogP contribution in [0.25, 0.3) is 27.8 Å². The van der Waals surface area contributed by atoms with Gasteiger partial charge in [-0.1, -0.05) is 54.1 Å². The van der Waals surface area contributed by atoms with Crippen LogP contribution < -0.4 is 5.32 Å². The molecule has 5 rings (SSSR count). The predicted octanol–water partition coefficient (Wildman–Crippen LogP) is 5.75. The number of fused-ring (bicyclic) bond motifs is 1. The Bertz CT molecular complexity index is 1300. The van der Waals surface area contributed by atoms with Gasteiger partial charge < -0.3 is 9.88 Å². The van der Waals surface area contributed by atoms with Crippen LogP contribution in [0, 0.1) is 0 Å². The molecule has 0 amide bonds. The first-order valence-corrected chi connectivity index (χ1v) is 9.97. The number of aromatic nitrogens is 4. The first kappa shape index (κ1) is 18.3. The number of anilines is 1. The number of halogens is 1. The van der Waals surface area contributed by atoms with Gasteiger partial charge in [-0.2, -0.15) is 0 Å². The van der Waals surface area contributed by atoms with E-state index in [9.17, 15) is 0 Å². The Balaban J connectivity index is 1.68. The van der Waals surface area contributed by atoms with Gasteiger partial charge in [0.2, 0.25) is 0 Å². The summed E-state index contributed by atoms with van der Waals surface area (Å²) in [5.41, 5.74) is 5.01. The predicted molar refractivity (Wildman–Crippen MR) is 121 cm³/mol. The molecule has 0 unspecified atom stereocenters. The Labute approximate surface area is 179 Å². The molecule has 0 aliphatic heterocycles. The average Bonchev–Trinajstić information content (AvgIpc) is 3.19. The molecule has 0 spiro atoms. The van der Waals surface area contributed by atoms with E-state index in [4.69, 9.17) is 11.6 Å². The van der Waals surface area contributed by atoms with Crippen LogP contribution >= 0.6 is 11.6 Å². The number of rotatable bonds is 5. The second kappa shape index (κ2) is 7.97. The van der Waals surface area contributed by atoms with Gasteiger partial charge in [-0.15, -0.1) is 0 Å². The van der Waals surface area contributed by atoms with E-state index in [1.54, 1.807) is 12.5 Å². The van der Waals surface area contributed by atoms with Gasteiger partial charge in [-0.25, -0.2) is 9.97 Å². The van der Waals surface area contributed by atoms with Crippen molar-refractivity contribution in [2.45, 2.75) is 6.54 Å². The molecule has 0 atom stereocenters. The highest BCUT2D eigenvalue weighted by Crippen LogP contribution is 2.35. The lowest BCUT2D eigenvalue weighted by Crippen LogP contribution is -2.03. The van der Waals surface area contributed by atoms with E-state index in [2.05, 4.69) is 43.2 Å². The van der Waals surface area contributed by atoms with Gasteiger partial charge in [0.05, 0.1) is 5.39 Å². The summed E-state index contributed by atoms with van der Waals surface area (Å²) in [7, 11) is 0. The van der Waals surface area contributed by atoms with E-state index in [0.29, 0.717) is 11.6 Å². The van der Waals surface area contributed by atoms with Crippen molar-refractivity contribution in [1.82, 2.24) is 19.5 Å². The lowest BCUT2D eigenvalue weighted by atomic mass is 10.1. The standard InChI is InChI=1S/C24H18ClN5/c25-19-9-4-10-20(12-19)30-15-21(18-7-2-1-3-8-18)22-23(28-16-29-24(22)30)27-14-17-6-5-11-26-13-17/h1-13,15-16H,14H2,(H,27,28,29). The summed E-state index contributed by atoms with van der Waals surface area (Å²) < 4.78 is 2.06. The summed E-state index contributed by atoms with van der Waals surface area (Å²) in [5, 5.41) is 5.11. The van der Waals surface area contributed by atoms with Gasteiger partial charge >= 0.3 is 0 Å². The second-order valence-electron chi connectivity index (χ2n) is 6.89. The Morgan fingerprint density at radius 1 is 0.933 bits per heavy atom. The van der Waals surface area contributed by atoms with Crippen molar-refractivity contribution in [2.24, 2.45) is 0 Å².